The molecule has 0 saturated heterocycles. The maximum absolute atomic E-state index is 12.0. The summed E-state index contributed by atoms with van der Waals surface area (Å²) in [5, 5.41) is 12.4. The number of hydrogen-bond donors (Lipinski definition) is 2. The van der Waals surface area contributed by atoms with Crippen LogP contribution < -0.4 is 10.9 Å². The fraction of sp³-hybridized carbons (Fsp3) is 0.438. The van der Waals surface area contributed by atoms with E-state index in [0.29, 0.717) is 23.4 Å². The van der Waals surface area contributed by atoms with E-state index in [9.17, 15) is 14.7 Å². The Morgan fingerprint density at radius 2 is 2.09 bits per heavy atom. The number of nitrogens with one attached hydrogen (secondary N) is 1. The number of nitrogens with zero attached hydrogens (tertiary/aromatic N) is 2. The number of hydrogen-bond acceptors (Lipinski definition) is 4. The van der Waals surface area contributed by atoms with Crippen LogP contribution in [0.2, 0.25) is 0 Å². The van der Waals surface area contributed by atoms with E-state index in [1.807, 2.05) is 19.9 Å². The highest BCUT2D eigenvalue weighted by molar-refractivity contribution is 5.79. The van der Waals surface area contributed by atoms with Gasteiger partial charge in [0.2, 0.25) is 5.91 Å². The molecule has 1 heterocycles. The van der Waals surface area contributed by atoms with E-state index in [0.717, 1.165) is 0 Å². The Morgan fingerprint density at radius 1 is 1.36 bits per heavy atom. The summed E-state index contributed by atoms with van der Waals surface area (Å²) in [6.45, 7) is 4.12. The average Bonchev–Trinajstić information content (AvgIpc) is 2.47. The van der Waals surface area contributed by atoms with Crippen LogP contribution in [0, 0.1) is 5.92 Å². The first kappa shape index (κ1) is 16.2. The van der Waals surface area contributed by atoms with E-state index in [1.54, 1.807) is 18.2 Å². The summed E-state index contributed by atoms with van der Waals surface area (Å²) >= 11 is 0. The van der Waals surface area contributed by atoms with E-state index in [-0.39, 0.29) is 24.6 Å². The summed E-state index contributed by atoms with van der Waals surface area (Å²) in [6, 6.07) is 7.16. The highest BCUT2D eigenvalue weighted by Gasteiger charge is 2.11. The molecule has 1 amide bonds. The van der Waals surface area contributed by atoms with Crippen LogP contribution in [0.15, 0.2) is 35.3 Å². The molecular formula is C16H21N3O3. The van der Waals surface area contributed by atoms with Crippen molar-refractivity contribution in [3.8, 4) is 0 Å². The van der Waals surface area contributed by atoms with Crippen LogP contribution in [0.25, 0.3) is 11.0 Å². The summed E-state index contributed by atoms with van der Waals surface area (Å²) in [7, 11) is 0. The number of rotatable bonds is 6. The summed E-state index contributed by atoms with van der Waals surface area (Å²) in [5.41, 5.74) is 0.958. The predicted molar refractivity (Wildman–Crippen MR) is 84.5 cm³/mol. The van der Waals surface area contributed by atoms with Gasteiger partial charge >= 0.3 is 0 Å². The monoisotopic (exact) mass is 303 g/mol. The molecule has 6 nitrogen and oxygen atoms in total. The number of carbonyl (C=O) groups excluding carboxylic acids is 1. The molecule has 1 unspecified atom stereocenters. The molecule has 1 aromatic heterocycles. The van der Waals surface area contributed by atoms with Crippen molar-refractivity contribution in [3.63, 3.8) is 0 Å². The molecule has 6 heteroatoms. The Labute approximate surface area is 128 Å². The second kappa shape index (κ2) is 7.17. The lowest BCUT2D eigenvalue weighted by Crippen LogP contribution is -2.37. The van der Waals surface area contributed by atoms with Crippen LogP contribution in [0.4, 0.5) is 0 Å². The summed E-state index contributed by atoms with van der Waals surface area (Å²) < 4.78 is 1.38. The molecule has 0 radical (unpaired) electrons. The van der Waals surface area contributed by atoms with Gasteiger partial charge in [0.15, 0.2) is 0 Å². The van der Waals surface area contributed by atoms with Gasteiger partial charge in [0.05, 0.1) is 23.3 Å². The SMILES string of the molecule is CC(C)CC(O)CNC(=O)Cn1c(=O)cnc2ccccc21. The number of aromatic nitrogens is 2. The highest BCUT2D eigenvalue weighted by atomic mass is 16.3. The smallest absolute Gasteiger partial charge is 0.269 e. The molecule has 118 valence electrons. The summed E-state index contributed by atoms with van der Waals surface area (Å²) in [5.74, 6) is 0.0555. The first-order chi connectivity index (χ1) is 10.5. The second-order valence-electron chi connectivity index (χ2n) is 5.76. The normalized spacial score (nSPS) is 12.5. The first-order valence-electron chi connectivity index (χ1n) is 7.36. The zero-order chi connectivity index (χ0) is 16.1. The Balaban J connectivity index is 2.06. The molecule has 1 aromatic carbocycles. The molecule has 0 saturated carbocycles. The zero-order valence-corrected chi connectivity index (χ0v) is 12.8. The third-order valence-corrected chi connectivity index (χ3v) is 3.33. The molecule has 1 atom stereocenters. The maximum atomic E-state index is 12.0. The average molecular weight is 303 g/mol. The van der Waals surface area contributed by atoms with Gasteiger partial charge in [0, 0.05) is 6.54 Å². The van der Waals surface area contributed by atoms with Gasteiger partial charge in [-0.05, 0) is 24.5 Å². The van der Waals surface area contributed by atoms with Gasteiger partial charge in [-0.15, -0.1) is 0 Å². The number of carbonyl (C=O) groups is 1. The Morgan fingerprint density at radius 3 is 2.82 bits per heavy atom. The van der Waals surface area contributed by atoms with Crippen LogP contribution in [0.5, 0.6) is 0 Å². The van der Waals surface area contributed by atoms with E-state index < -0.39 is 6.10 Å². The Hall–Kier alpha value is -2.21. The quantitative estimate of drug-likeness (QED) is 0.831. The second-order valence-corrected chi connectivity index (χ2v) is 5.76. The minimum atomic E-state index is -0.574. The fourth-order valence-corrected chi connectivity index (χ4v) is 2.34. The van der Waals surface area contributed by atoms with Crippen LogP contribution in [-0.4, -0.2) is 33.2 Å². The third-order valence-electron chi connectivity index (χ3n) is 3.33. The van der Waals surface area contributed by atoms with Gasteiger partial charge in [-0.25, -0.2) is 4.98 Å². The van der Waals surface area contributed by atoms with Crippen molar-refractivity contribution < 1.29 is 9.90 Å². The summed E-state index contributed by atoms with van der Waals surface area (Å²) in [4.78, 5) is 28.0. The van der Waals surface area contributed by atoms with Gasteiger partial charge < -0.3 is 10.4 Å². The van der Waals surface area contributed by atoms with Crippen molar-refractivity contribution in [2.75, 3.05) is 6.54 Å². The van der Waals surface area contributed by atoms with Gasteiger partial charge in [0.25, 0.3) is 5.56 Å². The van der Waals surface area contributed by atoms with E-state index >= 15 is 0 Å². The lowest BCUT2D eigenvalue weighted by atomic mass is 10.1. The fourth-order valence-electron chi connectivity index (χ4n) is 2.34. The molecule has 2 N–H and O–H groups in total. The van der Waals surface area contributed by atoms with Gasteiger partial charge in [-0.2, -0.15) is 0 Å². The lowest BCUT2D eigenvalue weighted by molar-refractivity contribution is -0.122. The molecular weight excluding hydrogens is 282 g/mol. The zero-order valence-electron chi connectivity index (χ0n) is 12.8. The van der Waals surface area contributed by atoms with Crippen molar-refractivity contribution in [2.24, 2.45) is 5.92 Å². The van der Waals surface area contributed by atoms with Crippen molar-refractivity contribution in [3.05, 3.63) is 40.8 Å². The van der Waals surface area contributed by atoms with Crippen molar-refractivity contribution in [1.82, 2.24) is 14.9 Å². The van der Waals surface area contributed by atoms with Gasteiger partial charge in [-0.1, -0.05) is 26.0 Å². The molecule has 2 aromatic rings. The number of benzene rings is 1. The number of aliphatic hydroxyl groups is 1. The molecule has 22 heavy (non-hydrogen) atoms. The standard InChI is InChI=1S/C16H21N3O3/c1-11(2)7-12(20)8-18-15(21)10-19-14-6-4-3-5-13(14)17-9-16(19)22/h3-6,9,11-12,20H,7-8,10H2,1-2H3,(H,18,21). The Bertz CT molecular complexity index is 709. The van der Waals surface area contributed by atoms with E-state index in [4.69, 9.17) is 0 Å². The molecule has 0 spiro atoms. The van der Waals surface area contributed by atoms with E-state index in [2.05, 4.69) is 10.3 Å². The van der Waals surface area contributed by atoms with Crippen LogP contribution in [0.3, 0.4) is 0 Å². The van der Waals surface area contributed by atoms with Gasteiger partial charge in [0.1, 0.15) is 6.54 Å². The molecule has 0 aliphatic heterocycles. The lowest BCUT2D eigenvalue weighted by Gasteiger charge is -2.14. The first-order valence-corrected chi connectivity index (χ1v) is 7.36. The Kier molecular flexibility index (Phi) is 5.27. The van der Waals surface area contributed by atoms with Crippen molar-refractivity contribution >= 4 is 16.9 Å². The molecule has 0 aliphatic carbocycles. The van der Waals surface area contributed by atoms with Gasteiger partial charge in [-0.3, -0.25) is 14.2 Å². The topological polar surface area (TPSA) is 84.2 Å². The molecule has 0 bridgehead atoms. The van der Waals surface area contributed by atoms with E-state index in [1.165, 1.54) is 10.8 Å². The minimum absolute atomic E-state index is 0.0870. The molecule has 2 rings (SSSR count). The highest BCUT2D eigenvalue weighted by Crippen LogP contribution is 2.08. The van der Waals surface area contributed by atoms with Crippen LogP contribution in [-0.2, 0) is 11.3 Å². The van der Waals surface area contributed by atoms with Crippen LogP contribution >= 0.6 is 0 Å². The molecule has 0 fully saturated rings. The summed E-state index contributed by atoms with van der Waals surface area (Å²) in [6.07, 6.45) is 1.26. The maximum Gasteiger partial charge on any atom is 0.269 e. The number of para-hydroxylation sites is 2. The number of amides is 1. The third kappa shape index (κ3) is 4.14. The predicted octanol–water partition coefficient (Wildman–Crippen LogP) is 0.920. The molecule has 0 aliphatic rings. The largest absolute Gasteiger partial charge is 0.391 e. The minimum Gasteiger partial charge on any atom is -0.391 e. The van der Waals surface area contributed by atoms with Crippen molar-refractivity contribution in [1.29, 1.82) is 0 Å². The van der Waals surface area contributed by atoms with Crippen LogP contribution in [0.1, 0.15) is 20.3 Å². The number of aliphatic hydroxyl groups excluding tert-OH is 1. The van der Waals surface area contributed by atoms with Crippen molar-refractivity contribution in [2.45, 2.75) is 32.9 Å². The number of fused-ring (bicyclic) bond motifs is 1.